The summed E-state index contributed by atoms with van der Waals surface area (Å²) in [6, 6.07) is 5.52. The SMILES string of the molecule is COc1cccc(OCCc2scnc2C)c1N. The number of ether oxygens (including phenoxy) is 2. The van der Waals surface area contributed by atoms with Gasteiger partial charge in [0.15, 0.2) is 0 Å². The molecule has 5 heteroatoms. The third-order valence-electron chi connectivity index (χ3n) is 2.68. The molecule has 0 saturated heterocycles. The van der Waals surface area contributed by atoms with Gasteiger partial charge in [0.05, 0.1) is 24.9 Å². The first-order chi connectivity index (χ1) is 8.72. The topological polar surface area (TPSA) is 57.4 Å². The fraction of sp³-hybridized carbons (Fsp3) is 0.308. The molecule has 0 aliphatic rings. The number of anilines is 1. The summed E-state index contributed by atoms with van der Waals surface area (Å²) in [7, 11) is 1.59. The Kier molecular flexibility index (Phi) is 4.04. The Hall–Kier alpha value is -1.75. The maximum absolute atomic E-state index is 5.92. The number of benzene rings is 1. The highest BCUT2D eigenvalue weighted by molar-refractivity contribution is 7.09. The van der Waals surface area contributed by atoms with E-state index in [0.717, 1.165) is 12.1 Å². The van der Waals surface area contributed by atoms with Crippen LogP contribution >= 0.6 is 11.3 Å². The number of nitrogens with two attached hydrogens (primary N) is 1. The number of aryl methyl sites for hydroxylation is 1. The number of rotatable bonds is 5. The summed E-state index contributed by atoms with van der Waals surface area (Å²) in [5, 5.41) is 0. The van der Waals surface area contributed by atoms with Crippen LogP contribution in [0.15, 0.2) is 23.7 Å². The van der Waals surface area contributed by atoms with Crippen LogP contribution in [-0.4, -0.2) is 18.7 Å². The predicted molar refractivity (Wildman–Crippen MR) is 73.5 cm³/mol. The van der Waals surface area contributed by atoms with Gasteiger partial charge >= 0.3 is 0 Å². The van der Waals surface area contributed by atoms with Gasteiger partial charge in [0.25, 0.3) is 0 Å². The van der Waals surface area contributed by atoms with Crippen molar-refractivity contribution >= 4 is 17.0 Å². The van der Waals surface area contributed by atoms with Crippen LogP contribution in [-0.2, 0) is 6.42 Å². The monoisotopic (exact) mass is 264 g/mol. The normalized spacial score (nSPS) is 10.3. The van der Waals surface area contributed by atoms with E-state index >= 15 is 0 Å². The summed E-state index contributed by atoms with van der Waals surface area (Å²) in [6.45, 7) is 2.59. The predicted octanol–water partition coefficient (Wildman–Crippen LogP) is 2.66. The van der Waals surface area contributed by atoms with E-state index in [1.165, 1.54) is 4.88 Å². The molecule has 0 unspecified atom stereocenters. The quantitative estimate of drug-likeness (QED) is 0.843. The van der Waals surface area contributed by atoms with Gasteiger partial charge in [-0.05, 0) is 19.1 Å². The number of para-hydroxylation sites is 1. The van der Waals surface area contributed by atoms with Crippen molar-refractivity contribution < 1.29 is 9.47 Å². The minimum atomic E-state index is 0.543. The van der Waals surface area contributed by atoms with Crippen molar-refractivity contribution in [3.8, 4) is 11.5 Å². The van der Waals surface area contributed by atoms with E-state index in [1.807, 2.05) is 30.6 Å². The maximum Gasteiger partial charge on any atom is 0.146 e. The molecule has 0 spiro atoms. The van der Waals surface area contributed by atoms with Gasteiger partial charge in [-0.1, -0.05) is 6.07 Å². The van der Waals surface area contributed by atoms with E-state index < -0.39 is 0 Å². The van der Waals surface area contributed by atoms with Crippen molar-refractivity contribution in [3.05, 3.63) is 34.3 Å². The first kappa shape index (κ1) is 12.7. The molecule has 1 aromatic carbocycles. The average Bonchev–Trinajstić information content (AvgIpc) is 2.77. The molecule has 4 nitrogen and oxygen atoms in total. The largest absolute Gasteiger partial charge is 0.494 e. The Morgan fingerprint density at radius 3 is 2.78 bits per heavy atom. The van der Waals surface area contributed by atoms with Gasteiger partial charge < -0.3 is 15.2 Å². The first-order valence-corrected chi connectivity index (χ1v) is 6.54. The standard InChI is InChI=1S/C13H16N2O2S/c1-9-12(18-8-15-9)6-7-17-11-5-3-4-10(16-2)13(11)14/h3-5,8H,6-7,14H2,1-2H3. The lowest BCUT2D eigenvalue weighted by atomic mass is 10.2. The van der Waals surface area contributed by atoms with Crippen molar-refractivity contribution in [2.75, 3.05) is 19.5 Å². The minimum Gasteiger partial charge on any atom is -0.494 e. The third kappa shape index (κ3) is 2.73. The smallest absolute Gasteiger partial charge is 0.146 e. The van der Waals surface area contributed by atoms with Gasteiger partial charge in [0.2, 0.25) is 0 Å². The van der Waals surface area contributed by atoms with Crippen LogP contribution in [0.4, 0.5) is 5.69 Å². The molecule has 0 aliphatic heterocycles. The molecule has 1 heterocycles. The van der Waals surface area contributed by atoms with Gasteiger partial charge in [-0.2, -0.15) is 0 Å². The third-order valence-corrected chi connectivity index (χ3v) is 3.67. The Balaban J connectivity index is 1.96. The van der Waals surface area contributed by atoms with Crippen molar-refractivity contribution in [2.45, 2.75) is 13.3 Å². The van der Waals surface area contributed by atoms with E-state index in [0.29, 0.717) is 23.8 Å². The van der Waals surface area contributed by atoms with Gasteiger partial charge in [-0.25, -0.2) is 4.98 Å². The zero-order valence-corrected chi connectivity index (χ0v) is 11.3. The van der Waals surface area contributed by atoms with E-state index in [2.05, 4.69) is 4.98 Å². The summed E-state index contributed by atoms with van der Waals surface area (Å²) in [5.74, 6) is 1.30. The molecule has 0 saturated carbocycles. The molecule has 0 bridgehead atoms. The van der Waals surface area contributed by atoms with Crippen LogP contribution in [0.5, 0.6) is 11.5 Å². The fourth-order valence-electron chi connectivity index (χ4n) is 1.65. The number of hydrogen-bond acceptors (Lipinski definition) is 5. The Labute approximate surface area is 110 Å². The first-order valence-electron chi connectivity index (χ1n) is 5.66. The Morgan fingerprint density at radius 1 is 1.33 bits per heavy atom. The number of nitrogen functional groups attached to an aromatic ring is 1. The zero-order valence-electron chi connectivity index (χ0n) is 10.5. The number of thiazole rings is 1. The second kappa shape index (κ2) is 5.73. The highest BCUT2D eigenvalue weighted by Crippen LogP contribution is 2.31. The summed E-state index contributed by atoms with van der Waals surface area (Å²) in [4.78, 5) is 5.45. The molecule has 0 radical (unpaired) electrons. The lowest BCUT2D eigenvalue weighted by molar-refractivity contribution is 0.322. The Morgan fingerprint density at radius 2 is 2.11 bits per heavy atom. The van der Waals surface area contributed by atoms with E-state index in [-0.39, 0.29) is 0 Å². The van der Waals surface area contributed by atoms with Crippen LogP contribution in [0, 0.1) is 6.92 Å². The van der Waals surface area contributed by atoms with Crippen LogP contribution < -0.4 is 15.2 Å². The molecule has 0 fully saturated rings. The van der Waals surface area contributed by atoms with E-state index in [1.54, 1.807) is 18.4 Å². The number of aromatic nitrogens is 1. The second-order valence-corrected chi connectivity index (χ2v) is 4.77. The number of methoxy groups -OCH3 is 1. The van der Waals surface area contributed by atoms with Gasteiger partial charge in [0, 0.05) is 11.3 Å². The molecule has 2 rings (SSSR count). The average molecular weight is 264 g/mol. The van der Waals surface area contributed by atoms with Crippen molar-refractivity contribution in [1.29, 1.82) is 0 Å². The van der Waals surface area contributed by atoms with Crippen LogP contribution in [0.2, 0.25) is 0 Å². The molecule has 96 valence electrons. The lowest BCUT2D eigenvalue weighted by Gasteiger charge is -2.11. The van der Waals surface area contributed by atoms with Crippen LogP contribution in [0.3, 0.4) is 0 Å². The summed E-state index contributed by atoms with van der Waals surface area (Å²) < 4.78 is 10.8. The molecule has 0 aliphatic carbocycles. The second-order valence-electron chi connectivity index (χ2n) is 3.83. The van der Waals surface area contributed by atoms with Gasteiger partial charge in [-0.3, -0.25) is 0 Å². The minimum absolute atomic E-state index is 0.543. The van der Waals surface area contributed by atoms with Crippen LogP contribution in [0.1, 0.15) is 10.6 Å². The van der Waals surface area contributed by atoms with E-state index in [9.17, 15) is 0 Å². The summed E-state index contributed by atoms with van der Waals surface area (Å²) >= 11 is 1.65. The fourth-order valence-corrected chi connectivity index (χ4v) is 2.41. The van der Waals surface area contributed by atoms with Crippen molar-refractivity contribution in [1.82, 2.24) is 4.98 Å². The molecule has 0 atom stereocenters. The molecule has 1 aromatic heterocycles. The highest BCUT2D eigenvalue weighted by Gasteiger charge is 2.07. The molecular weight excluding hydrogens is 248 g/mol. The molecule has 2 N–H and O–H groups in total. The van der Waals surface area contributed by atoms with Crippen LogP contribution in [0.25, 0.3) is 0 Å². The van der Waals surface area contributed by atoms with Crippen molar-refractivity contribution in [3.63, 3.8) is 0 Å². The maximum atomic E-state index is 5.92. The summed E-state index contributed by atoms with van der Waals surface area (Å²) in [6.07, 6.45) is 0.840. The van der Waals surface area contributed by atoms with Gasteiger partial charge in [-0.15, -0.1) is 11.3 Å². The molecule has 0 amide bonds. The Bertz CT molecular complexity index is 525. The molecule has 18 heavy (non-hydrogen) atoms. The number of nitrogens with zero attached hydrogens (tertiary/aromatic N) is 1. The van der Waals surface area contributed by atoms with Gasteiger partial charge in [0.1, 0.15) is 17.2 Å². The molecular formula is C13H16N2O2S. The molecule has 2 aromatic rings. The zero-order chi connectivity index (χ0) is 13.0. The number of hydrogen-bond donors (Lipinski definition) is 1. The van der Waals surface area contributed by atoms with Crippen molar-refractivity contribution in [2.24, 2.45) is 0 Å². The van der Waals surface area contributed by atoms with E-state index in [4.69, 9.17) is 15.2 Å². The highest BCUT2D eigenvalue weighted by atomic mass is 32.1. The summed E-state index contributed by atoms with van der Waals surface area (Å²) in [5.41, 5.74) is 9.39. The lowest BCUT2D eigenvalue weighted by Crippen LogP contribution is -2.04.